The van der Waals surface area contributed by atoms with E-state index in [1.54, 1.807) is 0 Å². The molecule has 0 aromatic heterocycles. The third-order valence-electron chi connectivity index (χ3n) is 4.77. The van der Waals surface area contributed by atoms with Crippen LogP contribution in [0.5, 0.6) is 0 Å². The van der Waals surface area contributed by atoms with Gasteiger partial charge in [0.2, 0.25) is 0 Å². The Hall–Kier alpha value is -1.07. The van der Waals surface area contributed by atoms with Gasteiger partial charge in [0.15, 0.2) is 11.6 Å². The SMILES string of the molecule is CC(C)NC(CCCCCC(=O)CC(NC(C)C)C(=O)C(C)C)C(=O)C(C)C. The molecule has 0 aromatic rings. The predicted molar refractivity (Wildman–Crippen MR) is 117 cm³/mol. The molecule has 2 N–H and O–H groups in total. The Balaban J connectivity index is 4.37. The molecule has 0 aliphatic heterocycles. The second kappa shape index (κ2) is 14.0. The van der Waals surface area contributed by atoms with E-state index in [4.69, 9.17) is 0 Å². The Morgan fingerprint density at radius 1 is 0.643 bits per heavy atom. The van der Waals surface area contributed by atoms with Crippen molar-refractivity contribution >= 4 is 17.3 Å². The molecule has 164 valence electrons. The maximum Gasteiger partial charge on any atom is 0.152 e. The first-order valence-electron chi connectivity index (χ1n) is 11.1. The highest BCUT2D eigenvalue weighted by Gasteiger charge is 2.24. The van der Waals surface area contributed by atoms with Crippen molar-refractivity contribution in [2.24, 2.45) is 11.8 Å². The van der Waals surface area contributed by atoms with Gasteiger partial charge in [-0.3, -0.25) is 14.4 Å². The minimum atomic E-state index is -0.379. The van der Waals surface area contributed by atoms with Crippen LogP contribution < -0.4 is 10.6 Å². The maximum absolute atomic E-state index is 12.3. The summed E-state index contributed by atoms with van der Waals surface area (Å²) < 4.78 is 0. The third-order valence-corrected chi connectivity index (χ3v) is 4.77. The number of hydrogen-bond donors (Lipinski definition) is 2. The Labute approximate surface area is 172 Å². The van der Waals surface area contributed by atoms with Crippen molar-refractivity contribution in [3.8, 4) is 0 Å². The van der Waals surface area contributed by atoms with Crippen LogP contribution in [0.1, 0.15) is 93.9 Å². The zero-order valence-electron chi connectivity index (χ0n) is 19.4. The van der Waals surface area contributed by atoms with Gasteiger partial charge >= 0.3 is 0 Å². The topological polar surface area (TPSA) is 75.3 Å². The fourth-order valence-electron chi connectivity index (χ4n) is 3.34. The van der Waals surface area contributed by atoms with E-state index >= 15 is 0 Å². The van der Waals surface area contributed by atoms with E-state index in [-0.39, 0.29) is 59.8 Å². The third kappa shape index (κ3) is 11.7. The van der Waals surface area contributed by atoms with Gasteiger partial charge in [0, 0.05) is 36.8 Å². The molecule has 0 bridgehead atoms. The first kappa shape index (κ1) is 26.9. The summed E-state index contributed by atoms with van der Waals surface area (Å²) in [6.45, 7) is 15.7. The monoisotopic (exact) mass is 396 g/mol. The van der Waals surface area contributed by atoms with Gasteiger partial charge in [-0.15, -0.1) is 0 Å². The fourth-order valence-corrected chi connectivity index (χ4v) is 3.34. The number of Topliss-reactive ketones (excluding diaryl/α,β-unsaturated/α-hetero) is 3. The Morgan fingerprint density at radius 2 is 1.11 bits per heavy atom. The second-order valence-corrected chi connectivity index (χ2v) is 9.20. The lowest BCUT2D eigenvalue weighted by molar-refractivity contribution is -0.128. The van der Waals surface area contributed by atoms with Crippen LogP contribution in [-0.4, -0.2) is 41.5 Å². The van der Waals surface area contributed by atoms with Crippen LogP contribution in [0.2, 0.25) is 0 Å². The maximum atomic E-state index is 12.3. The first-order chi connectivity index (χ1) is 13.0. The molecule has 0 saturated heterocycles. The van der Waals surface area contributed by atoms with Crippen LogP contribution in [0.25, 0.3) is 0 Å². The van der Waals surface area contributed by atoms with Crippen molar-refractivity contribution in [1.82, 2.24) is 10.6 Å². The molecule has 0 heterocycles. The molecule has 28 heavy (non-hydrogen) atoms. The van der Waals surface area contributed by atoms with Crippen molar-refractivity contribution in [1.29, 1.82) is 0 Å². The van der Waals surface area contributed by atoms with E-state index in [0.29, 0.717) is 6.42 Å². The average molecular weight is 397 g/mol. The van der Waals surface area contributed by atoms with Crippen molar-refractivity contribution < 1.29 is 14.4 Å². The van der Waals surface area contributed by atoms with E-state index in [1.165, 1.54) is 0 Å². The minimum absolute atomic E-state index is 0.0294. The Kier molecular flexibility index (Phi) is 13.5. The highest BCUT2D eigenvalue weighted by molar-refractivity contribution is 5.91. The summed E-state index contributed by atoms with van der Waals surface area (Å²) in [5, 5.41) is 6.60. The molecule has 0 rings (SSSR count). The lowest BCUT2D eigenvalue weighted by atomic mass is 9.94. The molecule has 0 spiro atoms. The first-order valence-corrected chi connectivity index (χ1v) is 11.1. The number of hydrogen-bond acceptors (Lipinski definition) is 5. The molecule has 2 atom stereocenters. The van der Waals surface area contributed by atoms with Gasteiger partial charge in [0.1, 0.15) is 5.78 Å². The summed E-state index contributed by atoms with van der Waals surface area (Å²) in [5.74, 6) is 0.466. The predicted octanol–water partition coefficient (Wildman–Crippen LogP) is 4.08. The van der Waals surface area contributed by atoms with E-state index in [1.807, 2.05) is 41.5 Å². The summed E-state index contributed by atoms with van der Waals surface area (Å²) in [5.41, 5.74) is 0. The van der Waals surface area contributed by atoms with Crippen LogP contribution in [0.15, 0.2) is 0 Å². The molecule has 2 unspecified atom stereocenters. The van der Waals surface area contributed by atoms with E-state index < -0.39 is 0 Å². The van der Waals surface area contributed by atoms with Gasteiger partial charge in [-0.2, -0.15) is 0 Å². The zero-order chi connectivity index (χ0) is 21.9. The molecule has 0 radical (unpaired) electrons. The Morgan fingerprint density at radius 3 is 1.57 bits per heavy atom. The summed E-state index contributed by atoms with van der Waals surface area (Å²) in [7, 11) is 0. The van der Waals surface area contributed by atoms with Gasteiger partial charge in [-0.05, 0) is 12.8 Å². The van der Waals surface area contributed by atoms with Gasteiger partial charge in [-0.1, -0.05) is 68.2 Å². The quantitative estimate of drug-likeness (QED) is 0.385. The summed E-state index contributed by atoms with van der Waals surface area (Å²) in [6, 6.07) is -0.0303. The van der Waals surface area contributed by atoms with Crippen LogP contribution >= 0.6 is 0 Å². The molecular weight excluding hydrogens is 352 g/mol. The van der Waals surface area contributed by atoms with Crippen LogP contribution in [0, 0.1) is 11.8 Å². The number of ketones is 3. The van der Waals surface area contributed by atoms with Crippen molar-refractivity contribution in [3.63, 3.8) is 0 Å². The molecular formula is C23H44N2O3. The molecule has 5 nitrogen and oxygen atoms in total. The van der Waals surface area contributed by atoms with E-state index in [2.05, 4.69) is 24.5 Å². The fraction of sp³-hybridized carbons (Fsp3) is 0.870. The molecule has 0 aliphatic carbocycles. The largest absolute Gasteiger partial charge is 0.305 e. The number of nitrogens with one attached hydrogen (secondary N) is 2. The standard InChI is InChI=1S/C23H44N2O3/c1-15(2)22(27)20(24-17(5)6)13-11-9-10-12-19(26)14-21(25-18(7)8)23(28)16(3)4/h15-18,20-21,24-25H,9-14H2,1-8H3. The number of unbranched alkanes of at least 4 members (excludes halogenated alkanes) is 2. The summed E-state index contributed by atoms with van der Waals surface area (Å²) >= 11 is 0. The van der Waals surface area contributed by atoms with Gasteiger partial charge in [0.25, 0.3) is 0 Å². The van der Waals surface area contributed by atoms with Crippen LogP contribution in [0.3, 0.4) is 0 Å². The molecule has 0 amide bonds. The van der Waals surface area contributed by atoms with Crippen molar-refractivity contribution in [2.45, 2.75) is 118 Å². The summed E-state index contributed by atoms with van der Waals surface area (Å²) in [6.07, 6.45) is 4.25. The summed E-state index contributed by atoms with van der Waals surface area (Å²) in [4.78, 5) is 37.0. The van der Waals surface area contributed by atoms with Crippen molar-refractivity contribution in [2.75, 3.05) is 0 Å². The normalized spacial score (nSPS) is 14.1. The minimum Gasteiger partial charge on any atom is -0.305 e. The van der Waals surface area contributed by atoms with Crippen molar-refractivity contribution in [3.05, 3.63) is 0 Å². The molecule has 0 saturated carbocycles. The van der Waals surface area contributed by atoms with Crippen LogP contribution in [0.4, 0.5) is 0 Å². The smallest absolute Gasteiger partial charge is 0.152 e. The average Bonchev–Trinajstić information content (AvgIpc) is 2.57. The molecule has 0 fully saturated rings. The van der Waals surface area contributed by atoms with Gasteiger partial charge in [0.05, 0.1) is 12.1 Å². The van der Waals surface area contributed by atoms with Gasteiger partial charge in [-0.25, -0.2) is 0 Å². The molecule has 5 heteroatoms. The highest BCUT2D eigenvalue weighted by Crippen LogP contribution is 2.13. The number of carbonyl (C=O) groups excluding carboxylic acids is 3. The number of carbonyl (C=O) groups is 3. The highest BCUT2D eigenvalue weighted by atomic mass is 16.1. The zero-order valence-corrected chi connectivity index (χ0v) is 19.4. The second-order valence-electron chi connectivity index (χ2n) is 9.20. The lowest BCUT2D eigenvalue weighted by Gasteiger charge is -2.22. The van der Waals surface area contributed by atoms with E-state index in [0.717, 1.165) is 25.7 Å². The van der Waals surface area contributed by atoms with E-state index in [9.17, 15) is 14.4 Å². The Bertz CT molecular complexity index is 484. The molecule has 0 aromatic carbocycles. The lowest BCUT2D eigenvalue weighted by Crippen LogP contribution is -2.44. The molecule has 0 aliphatic rings. The van der Waals surface area contributed by atoms with Crippen LogP contribution in [-0.2, 0) is 14.4 Å². The number of rotatable bonds is 16. The van der Waals surface area contributed by atoms with Gasteiger partial charge < -0.3 is 10.6 Å².